The number of halogens is 6. The predicted octanol–water partition coefficient (Wildman–Crippen LogP) is 14.9. The molecule has 6 rings (SSSR count). The average Bonchev–Trinajstić information content (AvgIpc) is 3.22. The SMILES string of the molecule is COc1c(C(C)(C)CC(OC(CC(C)(C)c2cc(F)c(Br)c(F)c2OC)c2cccc(Oc3ccccc3)c2)c2cccc(Oc3ccccc3)c2)cc(F)c(Br)c1F. The third-order valence-corrected chi connectivity index (χ3v) is 11.7. The molecular weight excluding hydrogens is 892 g/mol. The number of ether oxygens (including phenoxy) is 5. The Morgan fingerprint density at radius 1 is 0.492 bits per heavy atom. The first-order valence-electron chi connectivity index (χ1n) is 18.9. The molecule has 2 atom stereocenters. The van der Waals surface area contributed by atoms with Crippen molar-refractivity contribution in [1.82, 2.24) is 0 Å². The van der Waals surface area contributed by atoms with Gasteiger partial charge in [-0.3, -0.25) is 0 Å². The summed E-state index contributed by atoms with van der Waals surface area (Å²) in [5, 5.41) is 0. The fraction of sp³-hybridized carbons (Fsp3) is 0.250. The van der Waals surface area contributed by atoms with E-state index in [2.05, 4.69) is 31.9 Å². The second-order valence-electron chi connectivity index (χ2n) is 15.4. The monoisotopic (exact) mass is 934 g/mol. The lowest BCUT2D eigenvalue weighted by molar-refractivity contribution is -0.0416. The highest BCUT2D eigenvalue weighted by Gasteiger charge is 2.37. The van der Waals surface area contributed by atoms with Gasteiger partial charge in [-0.25, -0.2) is 17.6 Å². The Labute approximate surface area is 359 Å². The maximum atomic E-state index is 15.6. The average molecular weight is 937 g/mol. The van der Waals surface area contributed by atoms with Crippen LogP contribution in [0.25, 0.3) is 0 Å². The van der Waals surface area contributed by atoms with Gasteiger partial charge in [-0.1, -0.05) is 88.4 Å². The molecule has 6 aromatic carbocycles. The number of rotatable bonds is 16. The molecule has 0 fully saturated rings. The highest BCUT2D eigenvalue weighted by molar-refractivity contribution is 9.10. The topological polar surface area (TPSA) is 46.2 Å². The summed E-state index contributed by atoms with van der Waals surface area (Å²) >= 11 is 6.02. The van der Waals surface area contributed by atoms with E-state index in [1.165, 1.54) is 26.4 Å². The summed E-state index contributed by atoms with van der Waals surface area (Å²) in [5.74, 6) is -1.13. The lowest BCUT2D eigenvalue weighted by Gasteiger charge is -2.37. The second kappa shape index (κ2) is 18.6. The molecule has 59 heavy (non-hydrogen) atoms. The zero-order chi connectivity index (χ0) is 42.5. The Morgan fingerprint density at radius 3 is 1.20 bits per heavy atom. The third kappa shape index (κ3) is 10.1. The van der Waals surface area contributed by atoms with E-state index < -0.39 is 46.3 Å². The van der Waals surface area contributed by atoms with Crippen LogP contribution in [-0.4, -0.2) is 14.2 Å². The van der Waals surface area contributed by atoms with E-state index in [1.807, 2.05) is 137 Å². The lowest BCUT2D eigenvalue weighted by atomic mass is 9.76. The molecule has 11 heteroatoms. The quantitative estimate of drug-likeness (QED) is 0.0715. The van der Waals surface area contributed by atoms with Crippen molar-refractivity contribution in [3.63, 3.8) is 0 Å². The van der Waals surface area contributed by atoms with E-state index in [0.717, 1.165) is 0 Å². The molecule has 5 nitrogen and oxygen atoms in total. The van der Waals surface area contributed by atoms with Crippen molar-refractivity contribution in [3.8, 4) is 34.5 Å². The van der Waals surface area contributed by atoms with Crippen LogP contribution in [0.2, 0.25) is 0 Å². The molecule has 0 amide bonds. The largest absolute Gasteiger partial charge is 0.493 e. The van der Waals surface area contributed by atoms with Crippen LogP contribution in [0, 0.1) is 23.3 Å². The van der Waals surface area contributed by atoms with Crippen molar-refractivity contribution in [2.45, 2.75) is 63.6 Å². The Morgan fingerprint density at radius 2 is 0.847 bits per heavy atom. The number of para-hydroxylation sites is 2. The Hall–Kier alpha value is -4.84. The van der Waals surface area contributed by atoms with Crippen LogP contribution in [0.1, 0.15) is 75.0 Å². The molecule has 0 aliphatic heterocycles. The molecule has 2 unspecified atom stereocenters. The maximum Gasteiger partial charge on any atom is 0.182 e. The second-order valence-corrected chi connectivity index (χ2v) is 17.0. The van der Waals surface area contributed by atoms with Gasteiger partial charge < -0.3 is 23.7 Å². The van der Waals surface area contributed by atoms with Crippen molar-refractivity contribution < 1.29 is 41.2 Å². The molecule has 0 bridgehead atoms. The summed E-state index contributed by atoms with van der Waals surface area (Å²) in [6.45, 7) is 7.46. The van der Waals surface area contributed by atoms with Gasteiger partial charge in [0, 0.05) is 11.1 Å². The summed E-state index contributed by atoms with van der Waals surface area (Å²) in [7, 11) is 2.68. The number of methoxy groups -OCH3 is 2. The van der Waals surface area contributed by atoms with Crippen LogP contribution in [-0.2, 0) is 15.6 Å². The molecule has 0 saturated heterocycles. The van der Waals surface area contributed by atoms with Crippen LogP contribution in [0.5, 0.6) is 34.5 Å². The van der Waals surface area contributed by atoms with Gasteiger partial charge in [0.25, 0.3) is 0 Å². The minimum Gasteiger partial charge on any atom is -0.493 e. The zero-order valence-corrected chi connectivity index (χ0v) is 36.6. The molecule has 0 N–H and O–H groups in total. The molecule has 0 saturated carbocycles. The van der Waals surface area contributed by atoms with Gasteiger partial charge in [-0.2, -0.15) is 0 Å². The van der Waals surface area contributed by atoms with E-state index in [1.54, 1.807) is 0 Å². The van der Waals surface area contributed by atoms with Crippen LogP contribution in [0.15, 0.2) is 130 Å². The predicted molar refractivity (Wildman–Crippen MR) is 229 cm³/mol. The molecule has 0 aliphatic rings. The number of hydrogen-bond acceptors (Lipinski definition) is 5. The van der Waals surface area contributed by atoms with E-state index in [0.29, 0.717) is 45.3 Å². The molecule has 308 valence electrons. The zero-order valence-electron chi connectivity index (χ0n) is 33.4. The van der Waals surface area contributed by atoms with Gasteiger partial charge in [0.05, 0.1) is 35.4 Å². The Kier molecular flexibility index (Phi) is 13.8. The highest BCUT2D eigenvalue weighted by Crippen LogP contribution is 2.48. The normalized spacial score (nSPS) is 12.8. The van der Waals surface area contributed by atoms with Gasteiger partial charge in [0.15, 0.2) is 23.1 Å². The molecule has 0 aliphatic carbocycles. The van der Waals surface area contributed by atoms with Crippen molar-refractivity contribution in [2.24, 2.45) is 0 Å². The molecular formula is C48H44Br2F4O5. The smallest absolute Gasteiger partial charge is 0.182 e. The molecule has 0 aromatic heterocycles. The number of benzene rings is 6. The van der Waals surface area contributed by atoms with Gasteiger partial charge in [0.2, 0.25) is 0 Å². The summed E-state index contributed by atoms with van der Waals surface area (Å²) in [6.07, 6.45) is -1.13. The van der Waals surface area contributed by atoms with Crippen molar-refractivity contribution >= 4 is 31.9 Å². The van der Waals surface area contributed by atoms with Crippen molar-refractivity contribution in [2.75, 3.05) is 14.2 Å². The summed E-state index contributed by atoms with van der Waals surface area (Å²) in [5.41, 5.74) is 0.0820. The molecule has 6 aromatic rings. The fourth-order valence-corrected chi connectivity index (χ4v) is 7.79. The third-order valence-electron chi connectivity index (χ3n) is 10.2. The van der Waals surface area contributed by atoms with Crippen LogP contribution >= 0.6 is 31.9 Å². The Balaban J connectivity index is 1.49. The number of hydrogen-bond donors (Lipinski definition) is 0. The van der Waals surface area contributed by atoms with Gasteiger partial charge in [0.1, 0.15) is 34.6 Å². The summed E-state index contributed by atoms with van der Waals surface area (Å²) in [6, 6.07) is 36.1. The standard InChI is InChI=1S/C48H44Br2F4O5/c1-47(2,35-25-37(51)41(49)43(53)45(35)55-5)27-39(29-15-13-21-33(23-29)57-31-17-9-7-10-18-31)59-40(30-16-14-22-34(24-30)58-32-19-11-8-12-20-32)28-48(3,4)36-26-38(52)42(50)44(54)46(36)56-6/h7-26,39-40H,27-28H2,1-6H3. The van der Waals surface area contributed by atoms with E-state index in [-0.39, 0.29) is 33.3 Å². The van der Waals surface area contributed by atoms with Gasteiger partial charge in [-0.05, 0) is 127 Å². The highest BCUT2D eigenvalue weighted by atomic mass is 79.9. The first kappa shape index (κ1) is 43.7. The first-order valence-corrected chi connectivity index (χ1v) is 20.5. The fourth-order valence-electron chi connectivity index (χ4n) is 7.20. The molecule has 0 radical (unpaired) electrons. The molecule has 0 spiro atoms. The molecule has 0 heterocycles. The maximum absolute atomic E-state index is 15.6. The van der Waals surface area contributed by atoms with Crippen LogP contribution in [0.4, 0.5) is 17.6 Å². The van der Waals surface area contributed by atoms with Crippen LogP contribution in [0.3, 0.4) is 0 Å². The summed E-state index contributed by atoms with van der Waals surface area (Å²) < 4.78 is 91.8. The van der Waals surface area contributed by atoms with E-state index >= 15 is 17.6 Å². The van der Waals surface area contributed by atoms with Gasteiger partial charge in [-0.15, -0.1) is 0 Å². The minimum absolute atomic E-state index is 0.0991. The van der Waals surface area contributed by atoms with E-state index in [9.17, 15) is 0 Å². The lowest BCUT2D eigenvalue weighted by Crippen LogP contribution is -2.28. The Bertz CT molecular complexity index is 2230. The van der Waals surface area contributed by atoms with E-state index in [4.69, 9.17) is 23.7 Å². The van der Waals surface area contributed by atoms with Crippen molar-refractivity contribution in [3.05, 3.63) is 176 Å². The summed E-state index contributed by atoms with van der Waals surface area (Å²) in [4.78, 5) is 0. The van der Waals surface area contributed by atoms with Crippen LogP contribution < -0.4 is 18.9 Å². The van der Waals surface area contributed by atoms with Gasteiger partial charge >= 0.3 is 0 Å². The minimum atomic E-state index is -0.964. The van der Waals surface area contributed by atoms with Crippen molar-refractivity contribution in [1.29, 1.82) is 0 Å². The first-order chi connectivity index (χ1) is 28.1.